The van der Waals surface area contributed by atoms with E-state index in [1.165, 1.54) is 11.3 Å². The lowest BCUT2D eigenvalue weighted by Crippen LogP contribution is -2.28. The molecule has 26 heavy (non-hydrogen) atoms. The molecule has 1 fully saturated rings. The third-order valence-electron chi connectivity index (χ3n) is 4.68. The van der Waals surface area contributed by atoms with Gasteiger partial charge in [-0.15, -0.1) is 11.3 Å². The van der Waals surface area contributed by atoms with Gasteiger partial charge >= 0.3 is 0 Å². The monoisotopic (exact) mass is 389 g/mol. The Balaban J connectivity index is 1.71. The van der Waals surface area contributed by atoms with Crippen molar-refractivity contribution in [2.24, 2.45) is 0 Å². The molecule has 0 unspecified atom stereocenters. The lowest BCUT2D eigenvalue weighted by molar-refractivity contribution is 0.345. The number of benzene rings is 1. The van der Waals surface area contributed by atoms with Gasteiger partial charge in [0, 0.05) is 23.9 Å². The van der Waals surface area contributed by atoms with Crippen molar-refractivity contribution in [2.45, 2.75) is 29.9 Å². The van der Waals surface area contributed by atoms with Gasteiger partial charge in [-0.05, 0) is 31.5 Å². The zero-order chi connectivity index (χ0) is 18.3. The fourth-order valence-corrected chi connectivity index (χ4v) is 6.32. The summed E-state index contributed by atoms with van der Waals surface area (Å²) in [6.45, 7) is 4.41. The van der Waals surface area contributed by atoms with Crippen LogP contribution in [0.2, 0.25) is 0 Å². The van der Waals surface area contributed by atoms with E-state index in [2.05, 4.69) is 10.1 Å². The molecule has 1 aliphatic heterocycles. The van der Waals surface area contributed by atoms with E-state index in [0.29, 0.717) is 29.0 Å². The Morgan fingerprint density at radius 2 is 1.81 bits per heavy atom. The summed E-state index contributed by atoms with van der Waals surface area (Å²) in [6.07, 6.45) is 0. The van der Waals surface area contributed by atoms with E-state index in [1.54, 1.807) is 17.3 Å². The topological polar surface area (TPSA) is 76.3 Å². The number of hydrogen-bond donors (Lipinski definition) is 0. The lowest BCUT2D eigenvalue weighted by Gasteiger charge is -2.15. The molecule has 0 aliphatic carbocycles. The molecule has 8 heteroatoms. The smallest absolute Gasteiger partial charge is 0.252 e. The summed E-state index contributed by atoms with van der Waals surface area (Å²) in [7, 11) is -3.53. The highest BCUT2D eigenvalue weighted by molar-refractivity contribution is 7.91. The van der Waals surface area contributed by atoms with Gasteiger partial charge in [-0.25, -0.2) is 8.42 Å². The molecule has 0 bridgehead atoms. The van der Waals surface area contributed by atoms with Crippen LogP contribution in [0.1, 0.15) is 34.0 Å². The Bertz CT molecular complexity index is 1010. The van der Waals surface area contributed by atoms with E-state index in [-0.39, 0.29) is 11.8 Å². The summed E-state index contributed by atoms with van der Waals surface area (Å²) >= 11 is 1.30. The second-order valence-electron chi connectivity index (χ2n) is 6.49. The molecule has 4 rings (SSSR count). The molecule has 3 aromatic rings. The molecule has 6 nitrogen and oxygen atoms in total. The fourth-order valence-electron chi connectivity index (χ4n) is 3.39. The van der Waals surface area contributed by atoms with Gasteiger partial charge in [0.15, 0.2) is 5.82 Å². The molecule has 1 aliphatic rings. The zero-order valence-corrected chi connectivity index (χ0v) is 16.1. The van der Waals surface area contributed by atoms with Crippen LogP contribution in [0.25, 0.3) is 0 Å². The highest BCUT2D eigenvalue weighted by atomic mass is 32.2. The van der Waals surface area contributed by atoms with E-state index in [9.17, 15) is 8.42 Å². The highest BCUT2D eigenvalue weighted by Crippen LogP contribution is 2.41. The van der Waals surface area contributed by atoms with Crippen molar-refractivity contribution >= 4 is 21.4 Å². The summed E-state index contributed by atoms with van der Waals surface area (Å²) in [6, 6.07) is 13.4. The molecule has 0 N–H and O–H groups in total. The van der Waals surface area contributed by atoms with Crippen molar-refractivity contribution in [1.29, 1.82) is 0 Å². The SMILES string of the molecule is Cc1noc([C@@H]2CN(S(=O)(=O)c3ccc(C)s3)C[C@H]2c2ccccc2)n1. The van der Waals surface area contributed by atoms with Gasteiger partial charge in [0.05, 0.1) is 5.92 Å². The number of nitrogens with zero attached hydrogens (tertiary/aromatic N) is 3. The van der Waals surface area contributed by atoms with Crippen LogP contribution in [0.5, 0.6) is 0 Å². The van der Waals surface area contributed by atoms with Crippen LogP contribution in [0, 0.1) is 13.8 Å². The van der Waals surface area contributed by atoms with Crippen molar-refractivity contribution in [3.05, 3.63) is 64.6 Å². The predicted octanol–water partition coefficient (Wildman–Crippen LogP) is 3.32. The van der Waals surface area contributed by atoms with Gasteiger partial charge in [0.1, 0.15) is 4.21 Å². The standard InChI is InChI=1S/C18H19N3O3S2/c1-12-8-9-17(25-12)26(22,23)21-10-15(14-6-4-3-5-7-14)16(11-21)18-19-13(2)20-24-18/h3-9,15-16H,10-11H2,1-2H3/t15-,16+/m0/s1. The van der Waals surface area contributed by atoms with Gasteiger partial charge in [-0.1, -0.05) is 35.5 Å². The molecule has 136 valence electrons. The number of rotatable bonds is 4. The van der Waals surface area contributed by atoms with Gasteiger partial charge in [0.25, 0.3) is 10.0 Å². The third kappa shape index (κ3) is 3.08. The van der Waals surface area contributed by atoms with Crippen molar-refractivity contribution < 1.29 is 12.9 Å². The number of aryl methyl sites for hydroxylation is 2. The van der Waals surface area contributed by atoms with Gasteiger partial charge in [-0.3, -0.25) is 0 Å². The number of hydrogen-bond acceptors (Lipinski definition) is 6. The van der Waals surface area contributed by atoms with E-state index < -0.39 is 10.0 Å². The van der Waals surface area contributed by atoms with Crippen LogP contribution in [-0.2, 0) is 10.0 Å². The number of thiophene rings is 1. The molecular formula is C18H19N3O3S2. The summed E-state index contributed by atoms with van der Waals surface area (Å²) in [5.74, 6) is 0.875. The molecule has 0 radical (unpaired) electrons. The highest BCUT2D eigenvalue weighted by Gasteiger charge is 2.43. The Labute approximate surface area is 156 Å². The summed E-state index contributed by atoms with van der Waals surface area (Å²) in [5.41, 5.74) is 1.08. The number of sulfonamides is 1. The van der Waals surface area contributed by atoms with E-state index in [4.69, 9.17) is 4.52 Å². The maximum Gasteiger partial charge on any atom is 0.252 e. The Morgan fingerprint density at radius 3 is 2.42 bits per heavy atom. The van der Waals surface area contributed by atoms with Crippen LogP contribution in [0.3, 0.4) is 0 Å². The Kier molecular flexibility index (Phi) is 4.42. The van der Waals surface area contributed by atoms with Crippen LogP contribution in [0.15, 0.2) is 51.2 Å². The van der Waals surface area contributed by atoms with Gasteiger partial charge in [0.2, 0.25) is 5.89 Å². The first-order valence-corrected chi connectivity index (χ1v) is 10.6. The minimum Gasteiger partial charge on any atom is -0.339 e. The normalized spacial score (nSPS) is 21.3. The molecule has 2 atom stereocenters. The average Bonchev–Trinajstić information content (AvgIpc) is 3.34. The first-order valence-electron chi connectivity index (χ1n) is 8.37. The molecule has 2 aromatic heterocycles. The van der Waals surface area contributed by atoms with Crippen molar-refractivity contribution in [2.75, 3.05) is 13.1 Å². The first kappa shape index (κ1) is 17.4. The minimum absolute atomic E-state index is 0.0214. The second kappa shape index (κ2) is 6.61. The molecule has 3 heterocycles. The summed E-state index contributed by atoms with van der Waals surface area (Å²) in [5, 5.41) is 3.89. The molecule has 0 amide bonds. The fraction of sp³-hybridized carbons (Fsp3) is 0.333. The van der Waals surface area contributed by atoms with Crippen LogP contribution >= 0.6 is 11.3 Å². The van der Waals surface area contributed by atoms with Crippen LogP contribution in [-0.4, -0.2) is 36.0 Å². The van der Waals surface area contributed by atoms with E-state index >= 15 is 0 Å². The molecule has 0 spiro atoms. The van der Waals surface area contributed by atoms with Crippen molar-refractivity contribution in [3.63, 3.8) is 0 Å². The zero-order valence-electron chi connectivity index (χ0n) is 14.5. The van der Waals surface area contributed by atoms with Gasteiger partial charge in [-0.2, -0.15) is 9.29 Å². The van der Waals surface area contributed by atoms with Gasteiger partial charge < -0.3 is 4.52 Å². The largest absolute Gasteiger partial charge is 0.339 e. The molecule has 1 saturated heterocycles. The summed E-state index contributed by atoms with van der Waals surface area (Å²) < 4.78 is 33.5. The lowest BCUT2D eigenvalue weighted by atomic mass is 9.89. The molecule has 1 aromatic carbocycles. The van der Waals surface area contributed by atoms with Crippen LogP contribution in [0.4, 0.5) is 0 Å². The Morgan fingerprint density at radius 1 is 1.08 bits per heavy atom. The summed E-state index contributed by atoms with van der Waals surface area (Å²) in [4.78, 5) is 5.34. The number of aromatic nitrogens is 2. The minimum atomic E-state index is -3.53. The van der Waals surface area contributed by atoms with E-state index in [0.717, 1.165) is 10.4 Å². The van der Waals surface area contributed by atoms with Crippen molar-refractivity contribution in [3.8, 4) is 0 Å². The quantitative estimate of drug-likeness (QED) is 0.684. The average molecular weight is 390 g/mol. The molecular weight excluding hydrogens is 370 g/mol. The maximum absolute atomic E-state index is 13.1. The molecule has 0 saturated carbocycles. The van der Waals surface area contributed by atoms with E-state index in [1.807, 2.05) is 43.3 Å². The Hall–Kier alpha value is -2.03. The van der Waals surface area contributed by atoms with Crippen LogP contribution < -0.4 is 0 Å². The predicted molar refractivity (Wildman–Crippen MR) is 98.8 cm³/mol. The third-order valence-corrected chi connectivity index (χ3v) is 7.98. The second-order valence-corrected chi connectivity index (χ2v) is 9.94. The van der Waals surface area contributed by atoms with Crippen molar-refractivity contribution in [1.82, 2.24) is 14.4 Å². The first-order chi connectivity index (χ1) is 12.4. The maximum atomic E-state index is 13.1.